The maximum atomic E-state index is 12.5. The summed E-state index contributed by atoms with van der Waals surface area (Å²) >= 11 is 3.30. The molecule has 0 spiro atoms. The first-order valence-electron chi connectivity index (χ1n) is 7.54. The smallest absolute Gasteiger partial charge is 0.341 e. The van der Waals surface area contributed by atoms with Gasteiger partial charge < -0.3 is 14.6 Å². The maximum Gasteiger partial charge on any atom is 0.341 e. The lowest BCUT2D eigenvalue weighted by molar-refractivity contribution is -0.139. The molecule has 0 fully saturated rings. The van der Waals surface area contributed by atoms with Gasteiger partial charge in [0.1, 0.15) is 0 Å². The number of carboxylic acid groups (broad SMARTS) is 1. The van der Waals surface area contributed by atoms with E-state index in [1.165, 1.54) is 13.2 Å². The number of benzene rings is 2. The lowest BCUT2D eigenvalue weighted by Gasteiger charge is -2.12. The number of carboxylic acids is 1. The molecule has 0 saturated heterocycles. The zero-order chi connectivity index (χ0) is 18.8. The maximum absolute atomic E-state index is 12.5. The predicted octanol–water partition coefficient (Wildman–Crippen LogP) is 3.38. The van der Waals surface area contributed by atoms with Crippen molar-refractivity contribution in [3.05, 3.63) is 63.1 Å². The Morgan fingerprint density at radius 2 is 1.77 bits per heavy atom. The molecule has 1 aliphatic carbocycles. The molecule has 1 aliphatic rings. The van der Waals surface area contributed by atoms with Crippen molar-refractivity contribution in [1.82, 2.24) is 0 Å². The summed E-state index contributed by atoms with van der Waals surface area (Å²) < 4.78 is 10.9. The van der Waals surface area contributed by atoms with Gasteiger partial charge in [0.05, 0.1) is 17.2 Å². The number of rotatable bonds is 5. The standard InChI is InChI=1S/C19H13BrO6/c1-25-15-8-10(7-14(20)19(15)26-9-16(21)22)6-13-17(23)11-4-2-3-5-12(11)18(13)24/h2-8H,9H2,1H3,(H,21,22). The Morgan fingerprint density at radius 1 is 1.15 bits per heavy atom. The molecule has 6 nitrogen and oxygen atoms in total. The van der Waals surface area contributed by atoms with Crippen molar-refractivity contribution in [2.75, 3.05) is 13.7 Å². The third-order valence-electron chi connectivity index (χ3n) is 3.81. The fraction of sp³-hybridized carbons (Fsp3) is 0.105. The Labute approximate surface area is 157 Å². The Balaban J connectivity index is 2.00. The van der Waals surface area contributed by atoms with Crippen LogP contribution in [0.15, 0.2) is 46.4 Å². The van der Waals surface area contributed by atoms with Crippen molar-refractivity contribution in [1.29, 1.82) is 0 Å². The van der Waals surface area contributed by atoms with E-state index in [4.69, 9.17) is 14.6 Å². The van der Waals surface area contributed by atoms with Gasteiger partial charge in [-0.3, -0.25) is 9.59 Å². The van der Waals surface area contributed by atoms with Crippen LogP contribution in [0.1, 0.15) is 26.3 Å². The van der Waals surface area contributed by atoms with Gasteiger partial charge in [-0.1, -0.05) is 24.3 Å². The summed E-state index contributed by atoms with van der Waals surface area (Å²) in [6, 6.07) is 9.85. The minimum atomic E-state index is -1.12. The lowest BCUT2D eigenvalue weighted by Crippen LogP contribution is -2.10. The number of carbonyl (C=O) groups excluding carboxylic acids is 2. The molecule has 0 atom stereocenters. The van der Waals surface area contributed by atoms with Crippen LogP contribution in [0, 0.1) is 0 Å². The van der Waals surface area contributed by atoms with Gasteiger partial charge in [0.25, 0.3) is 0 Å². The summed E-state index contributed by atoms with van der Waals surface area (Å²) in [6.45, 7) is -0.526. The fourth-order valence-corrected chi connectivity index (χ4v) is 3.24. The van der Waals surface area contributed by atoms with Crippen LogP contribution in [-0.2, 0) is 4.79 Å². The second kappa shape index (κ2) is 7.13. The molecule has 3 rings (SSSR count). The van der Waals surface area contributed by atoms with E-state index < -0.39 is 12.6 Å². The molecule has 0 aromatic heterocycles. The summed E-state index contributed by atoms with van der Waals surface area (Å²) in [7, 11) is 1.41. The van der Waals surface area contributed by atoms with Gasteiger partial charge in [-0.25, -0.2) is 4.79 Å². The van der Waals surface area contributed by atoms with Crippen molar-refractivity contribution < 1.29 is 29.0 Å². The van der Waals surface area contributed by atoms with E-state index in [9.17, 15) is 14.4 Å². The summed E-state index contributed by atoms with van der Waals surface area (Å²) in [4.78, 5) is 35.6. The van der Waals surface area contributed by atoms with Crippen LogP contribution in [0.5, 0.6) is 11.5 Å². The van der Waals surface area contributed by atoms with Gasteiger partial charge in [0.15, 0.2) is 29.7 Å². The first-order chi connectivity index (χ1) is 12.4. The van der Waals surface area contributed by atoms with Crippen LogP contribution in [0.2, 0.25) is 0 Å². The summed E-state index contributed by atoms with van der Waals surface area (Å²) in [5.74, 6) is -1.27. The molecule has 0 saturated carbocycles. The molecule has 1 N–H and O–H groups in total. The molecule has 2 aromatic carbocycles. The van der Waals surface area contributed by atoms with Crippen molar-refractivity contribution in [3.8, 4) is 11.5 Å². The van der Waals surface area contributed by atoms with Crippen LogP contribution >= 0.6 is 15.9 Å². The van der Waals surface area contributed by atoms with E-state index in [1.54, 1.807) is 36.4 Å². The van der Waals surface area contributed by atoms with Crippen LogP contribution in [0.3, 0.4) is 0 Å². The average Bonchev–Trinajstić information content (AvgIpc) is 2.85. The van der Waals surface area contributed by atoms with E-state index >= 15 is 0 Å². The van der Waals surface area contributed by atoms with Gasteiger partial charge in [-0.15, -0.1) is 0 Å². The molecule has 0 radical (unpaired) electrons. The average molecular weight is 417 g/mol. The molecule has 7 heteroatoms. The Bertz CT molecular complexity index is 923. The van der Waals surface area contributed by atoms with Gasteiger partial charge in [0.2, 0.25) is 0 Å². The normalized spacial score (nSPS) is 12.8. The zero-order valence-electron chi connectivity index (χ0n) is 13.6. The first kappa shape index (κ1) is 17.9. The Kier molecular flexibility index (Phi) is 4.90. The zero-order valence-corrected chi connectivity index (χ0v) is 15.2. The molecule has 0 aliphatic heterocycles. The first-order valence-corrected chi connectivity index (χ1v) is 8.34. The molecular formula is C19H13BrO6. The monoisotopic (exact) mass is 416 g/mol. The number of hydrogen-bond donors (Lipinski definition) is 1. The Hall–Kier alpha value is -2.93. The summed E-state index contributed by atoms with van der Waals surface area (Å²) in [5.41, 5.74) is 1.38. The number of halogens is 1. The molecular weight excluding hydrogens is 404 g/mol. The van der Waals surface area contributed by atoms with Crippen molar-refractivity contribution in [2.45, 2.75) is 0 Å². The second-order valence-corrected chi connectivity index (χ2v) is 6.33. The number of Topliss-reactive ketones (excluding diaryl/α,β-unsaturated/α-hetero) is 2. The van der Waals surface area contributed by atoms with Crippen molar-refractivity contribution in [2.24, 2.45) is 0 Å². The number of carbonyl (C=O) groups is 3. The number of hydrogen-bond acceptors (Lipinski definition) is 5. The van der Waals surface area contributed by atoms with Crippen LogP contribution in [0.25, 0.3) is 6.08 Å². The fourth-order valence-electron chi connectivity index (χ4n) is 2.67. The number of allylic oxidation sites excluding steroid dienone is 1. The highest BCUT2D eigenvalue weighted by atomic mass is 79.9. The number of ether oxygens (including phenoxy) is 2. The molecule has 0 bridgehead atoms. The third-order valence-corrected chi connectivity index (χ3v) is 4.40. The summed E-state index contributed by atoms with van der Waals surface area (Å²) in [5, 5.41) is 8.75. The molecule has 0 unspecified atom stereocenters. The SMILES string of the molecule is COc1cc(C=C2C(=O)c3ccccc3C2=O)cc(Br)c1OCC(=O)O. The van der Waals surface area contributed by atoms with Gasteiger partial charge >= 0.3 is 5.97 Å². The van der Waals surface area contributed by atoms with E-state index in [-0.39, 0.29) is 28.6 Å². The molecule has 0 amide bonds. The molecule has 2 aromatic rings. The summed E-state index contributed by atoms with van der Waals surface area (Å²) in [6.07, 6.45) is 1.49. The van der Waals surface area contributed by atoms with E-state index in [0.717, 1.165) is 0 Å². The number of aliphatic carboxylic acids is 1. The number of fused-ring (bicyclic) bond motifs is 1. The van der Waals surface area contributed by atoms with Crippen LogP contribution in [-0.4, -0.2) is 36.4 Å². The lowest BCUT2D eigenvalue weighted by atomic mass is 10.1. The molecule has 132 valence electrons. The second-order valence-electron chi connectivity index (χ2n) is 5.48. The highest BCUT2D eigenvalue weighted by Crippen LogP contribution is 2.38. The Morgan fingerprint density at radius 3 is 2.31 bits per heavy atom. The quantitative estimate of drug-likeness (QED) is 0.593. The highest BCUT2D eigenvalue weighted by molar-refractivity contribution is 9.10. The molecule has 26 heavy (non-hydrogen) atoms. The predicted molar refractivity (Wildman–Crippen MR) is 96.9 cm³/mol. The topological polar surface area (TPSA) is 89.9 Å². The number of methoxy groups -OCH3 is 1. The molecule has 0 heterocycles. The minimum Gasteiger partial charge on any atom is -0.493 e. The third kappa shape index (κ3) is 3.25. The van der Waals surface area contributed by atoms with Gasteiger partial charge in [0, 0.05) is 11.1 Å². The van der Waals surface area contributed by atoms with E-state index in [1.807, 2.05) is 0 Å². The van der Waals surface area contributed by atoms with Crippen molar-refractivity contribution >= 4 is 39.5 Å². The van der Waals surface area contributed by atoms with E-state index in [2.05, 4.69) is 15.9 Å². The van der Waals surface area contributed by atoms with E-state index in [0.29, 0.717) is 21.2 Å². The van der Waals surface area contributed by atoms with Crippen molar-refractivity contribution in [3.63, 3.8) is 0 Å². The largest absolute Gasteiger partial charge is 0.493 e. The van der Waals surface area contributed by atoms with Crippen LogP contribution in [0.4, 0.5) is 0 Å². The number of ketones is 2. The highest BCUT2D eigenvalue weighted by Gasteiger charge is 2.32. The minimum absolute atomic E-state index is 0.0688. The van der Waals surface area contributed by atoms with Crippen LogP contribution < -0.4 is 9.47 Å². The van der Waals surface area contributed by atoms with Gasteiger partial charge in [-0.05, 0) is 39.7 Å². The van der Waals surface area contributed by atoms with Gasteiger partial charge in [-0.2, -0.15) is 0 Å².